The summed E-state index contributed by atoms with van der Waals surface area (Å²) in [4.78, 5) is 20.5. The molecule has 34 heavy (non-hydrogen) atoms. The molecule has 1 saturated heterocycles. The minimum absolute atomic E-state index is 0.161. The van der Waals surface area contributed by atoms with Crippen molar-refractivity contribution in [2.24, 2.45) is 4.99 Å². The second-order valence-electron chi connectivity index (χ2n) is 7.93. The van der Waals surface area contributed by atoms with Gasteiger partial charge in [-0.3, -0.25) is 9.69 Å². The number of hydrogen-bond acceptors (Lipinski definition) is 4. The number of furan rings is 1. The lowest BCUT2D eigenvalue weighted by atomic mass is 10.2. The van der Waals surface area contributed by atoms with E-state index < -0.39 is 0 Å². The number of carbonyl (C=O) groups excluding carboxylic acids is 1. The molecule has 4 aromatic rings. The molecule has 1 aromatic heterocycles. The van der Waals surface area contributed by atoms with Gasteiger partial charge in [0.1, 0.15) is 17.3 Å². The average Bonchev–Trinajstić information content (AvgIpc) is 3.41. The molecule has 1 fully saturated rings. The first-order chi connectivity index (χ1) is 16.5. The predicted octanol–water partition coefficient (Wildman–Crippen LogP) is 7.51. The van der Waals surface area contributed by atoms with Crippen LogP contribution in [0.25, 0.3) is 17.4 Å². The number of rotatable bonds is 4. The van der Waals surface area contributed by atoms with Crippen molar-refractivity contribution in [1.29, 1.82) is 0 Å². The lowest BCUT2D eigenvalue weighted by molar-refractivity contribution is -0.113. The highest BCUT2D eigenvalue weighted by molar-refractivity contribution is 8.19. The van der Waals surface area contributed by atoms with E-state index in [4.69, 9.17) is 9.41 Å². The van der Waals surface area contributed by atoms with E-state index in [1.807, 2.05) is 68.4 Å². The van der Waals surface area contributed by atoms with Crippen LogP contribution in [0.15, 0.2) is 99.2 Å². The first kappa shape index (κ1) is 21.9. The van der Waals surface area contributed by atoms with Gasteiger partial charge in [-0.15, -0.1) is 0 Å². The Hall–Kier alpha value is -3.90. The molecular formula is C28H21FN2O2S. The number of para-hydroxylation sites is 2. The molecule has 0 saturated carbocycles. The third-order valence-electron chi connectivity index (χ3n) is 5.52. The molecule has 3 aromatic carbocycles. The van der Waals surface area contributed by atoms with Crippen LogP contribution < -0.4 is 4.90 Å². The van der Waals surface area contributed by atoms with Crippen molar-refractivity contribution < 1.29 is 13.6 Å². The third-order valence-corrected chi connectivity index (χ3v) is 6.49. The molecule has 0 bridgehead atoms. The molecule has 5 rings (SSSR count). The summed E-state index contributed by atoms with van der Waals surface area (Å²) in [6.45, 7) is 3.97. The Labute approximate surface area is 201 Å². The molecule has 2 heterocycles. The van der Waals surface area contributed by atoms with Gasteiger partial charge in [0.2, 0.25) is 0 Å². The van der Waals surface area contributed by atoms with E-state index in [0.29, 0.717) is 21.6 Å². The van der Waals surface area contributed by atoms with Gasteiger partial charge >= 0.3 is 0 Å². The summed E-state index contributed by atoms with van der Waals surface area (Å²) in [6, 6.07) is 25.3. The summed E-state index contributed by atoms with van der Waals surface area (Å²) in [6.07, 6.45) is 1.73. The fraction of sp³-hybridized carbons (Fsp3) is 0.0714. The molecule has 1 aliphatic heterocycles. The molecule has 0 N–H and O–H groups in total. The van der Waals surface area contributed by atoms with Crippen LogP contribution in [0.3, 0.4) is 0 Å². The molecule has 1 aliphatic rings. The zero-order valence-electron chi connectivity index (χ0n) is 18.7. The molecule has 0 aliphatic carbocycles. The smallest absolute Gasteiger partial charge is 0.271 e. The number of amides is 1. The van der Waals surface area contributed by atoms with E-state index in [1.165, 1.54) is 23.9 Å². The fourth-order valence-corrected chi connectivity index (χ4v) is 4.66. The number of amidine groups is 1. The van der Waals surface area contributed by atoms with Gasteiger partial charge in [-0.2, -0.15) is 0 Å². The van der Waals surface area contributed by atoms with Crippen LogP contribution in [0.1, 0.15) is 16.9 Å². The van der Waals surface area contributed by atoms with Crippen molar-refractivity contribution >= 4 is 40.3 Å². The number of halogens is 1. The van der Waals surface area contributed by atoms with E-state index in [-0.39, 0.29) is 11.7 Å². The molecular weight excluding hydrogens is 447 g/mol. The summed E-state index contributed by atoms with van der Waals surface area (Å²) >= 11 is 1.31. The summed E-state index contributed by atoms with van der Waals surface area (Å²) in [7, 11) is 0. The monoisotopic (exact) mass is 468 g/mol. The molecule has 1 amide bonds. The molecule has 6 heteroatoms. The van der Waals surface area contributed by atoms with Crippen molar-refractivity contribution in [2.45, 2.75) is 13.8 Å². The van der Waals surface area contributed by atoms with Crippen LogP contribution in [0.4, 0.5) is 15.8 Å². The first-order valence-electron chi connectivity index (χ1n) is 10.8. The molecule has 168 valence electrons. The van der Waals surface area contributed by atoms with E-state index in [1.54, 1.807) is 29.2 Å². The second-order valence-corrected chi connectivity index (χ2v) is 8.94. The Morgan fingerprint density at radius 3 is 2.32 bits per heavy atom. The molecule has 4 nitrogen and oxygen atoms in total. The second kappa shape index (κ2) is 9.15. The van der Waals surface area contributed by atoms with Crippen molar-refractivity contribution in [2.75, 3.05) is 4.90 Å². The van der Waals surface area contributed by atoms with Gasteiger partial charge in [0.25, 0.3) is 5.91 Å². The van der Waals surface area contributed by atoms with E-state index >= 15 is 0 Å². The fourth-order valence-electron chi connectivity index (χ4n) is 3.70. The largest absolute Gasteiger partial charge is 0.457 e. The van der Waals surface area contributed by atoms with Gasteiger partial charge in [0.15, 0.2) is 5.17 Å². The van der Waals surface area contributed by atoms with Gasteiger partial charge in [-0.05, 0) is 85.3 Å². The van der Waals surface area contributed by atoms with Crippen molar-refractivity contribution in [3.05, 3.63) is 113 Å². The van der Waals surface area contributed by atoms with Gasteiger partial charge in [-0.1, -0.05) is 36.4 Å². The first-order valence-corrected chi connectivity index (χ1v) is 11.6. The van der Waals surface area contributed by atoms with Crippen LogP contribution in [-0.2, 0) is 4.79 Å². The Bertz CT molecular complexity index is 1440. The van der Waals surface area contributed by atoms with E-state index in [2.05, 4.69) is 0 Å². The van der Waals surface area contributed by atoms with Crippen molar-refractivity contribution in [1.82, 2.24) is 0 Å². The minimum Gasteiger partial charge on any atom is -0.457 e. The van der Waals surface area contributed by atoms with Crippen molar-refractivity contribution in [3.8, 4) is 11.3 Å². The number of aliphatic imine (C=N–C) groups is 1. The summed E-state index contributed by atoms with van der Waals surface area (Å²) < 4.78 is 19.2. The summed E-state index contributed by atoms with van der Waals surface area (Å²) in [5, 5.41) is 0.588. The van der Waals surface area contributed by atoms with E-state index in [0.717, 1.165) is 28.1 Å². The van der Waals surface area contributed by atoms with Crippen LogP contribution in [0, 0.1) is 19.7 Å². The maximum absolute atomic E-state index is 13.5. The number of aryl methyl sites for hydroxylation is 2. The van der Waals surface area contributed by atoms with Crippen LogP contribution in [0.2, 0.25) is 0 Å². The van der Waals surface area contributed by atoms with Crippen LogP contribution >= 0.6 is 11.8 Å². The van der Waals surface area contributed by atoms with Gasteiger partial charge in [-0.25, -0.2) is 9.38 Å². The minimum atomic E-state index is -0.303. The quantitative estimate of drug-likeness (QED) is 0.291. The number of anilines is 1. The van der Waals surface area contributed by atoms with Crippen LogP contribution in [-0.4, -0.2) is 11.1 Å². The average molecular weight is 469 g/mol. The topological polar surface area (TPSA) is 45.8 Å². The van der Waals surface area contributed by atoms with Gasteiger partial charge in [0.05, 0.1) is 16.3 Å². The number of thioether (sulfide) groups is 1. The third kappa shape index (κ3) is 4.32. The Morgan fingerprint density at radius 2 is 1.59 bits per heavy atom. The normalized spacial score (nSPS) is 16.1. The number of carbonyl (C=O) groups is 1. The maximum Gasteiger partial charge on any atom is 0.271 e. The van der Waals surface area contributed by atoms with Gasteiger partial charge in [0, 0.05) is 11.6 Å². The number of hydrogen-bond donors (Lipinski definition) is 0. The molecule has 0 unspecified atom stereocenters. The highest BCUT2D eigenvalue weighted by Gasteiger charge is 2.35. The lowest BCUT2D eigenvalue weighted by Gasteiger charge is -2.18. The highest BCUT2D eigenvalue weighted by Crippen LogP contribution is 2.39. The highest BCUT2D eigenvalue weighted by atomic mass is 32.2. The standard InChI is InChI=1S/C28H21FN2O2S/c1-18-7-3-5-9-23(18)30-28-31(24-10-6-4-8-19(24)2)27(32)26(34-28)17-22-15-16-25(33-22)20-11-13-21(29)14-12-20/h3-17H,1-2H3/b26-17+,30-28?. The predicted molar refractivity (Wildman–Crippen MR) is 137 cm³/mol. The summed E-state index contributed by atoms with van der Waals surface area (Å²) in [5.74, 6) is 0.678. The summed E-state index contributed by atoms with van der Waals surface area (Å²) in [5.41, 5.74) is 4.38. The zero-order chi connectivity index (χ0) is 23.7. The maximum atomic E-state index is 13.5. The number of benzene rings is 3. The van der Waals surface area contributed by atoms with Crippen LogP contribution in [0.5, 0.6) is 0 Å². The van der Waals surface area contributed by atoms with E-state index in [9.17, 15) is 9.18 Å². The SMILES string of the molecule is Cc1ccccc1N=C1S/C(=C/c2ccc(-c3ccc(F)cc3)o2)C(=O)N1c1ccccc1C. The Balaban J connectivity index is 1.54. The molecule has 0 atom stereocenters. The zero-order valence-corrected chi connectivity index (χ0v) is 19.5. The Morgan fingerprint density at radius 1 is 0.882 bits per heavy atom. The van der Waals surface area contributed by atoms with Crippen molar-refractivity contribution in [3.63, 3.8) is 0 Å². The van der Waals surface area contributed by atoms with Gasteiger partial charge < -0.3 is 4.42 Å². The molecule has 0 spiro atoms. The number of nitrogens with zero attached hydrogens (tertiary/aromatic N) is 2. The Kier molecular flexibility index (Phi) is 5.90. The lowest BCUT2D eigenvalue weighted by Crippen LogP contribution is -2.29. The molecule has 0 radical (unpaired) electrons.